The molecule has 0 atom stereocenters. The normalized spacial score (nSPS) is 16.1. The standard InChI is InChI=1S/C16H19N3O3S2/c1-18-8-10-19(11-9-18)16(20)13-4-6-14(7-5-13)17-24(21,22)15-3-2-12-23-15/h2-7,12,17H,8-11H2,1H3. The van der Waals surface area contributed by atoms with E-state index in [-0.39, 0.29) is 10.1 Å². The minimum absolute atomic E-state index is 0.0178. The summed E-state index contributed by atoms with van der Waals surface area (Å²) in [5, 5.41) is 1.71. The minimum atomic E-state index is -3.56. The van der Waals surface area contributed by atoms with Crippen LogP contribution < -0.4 is 4.72 Å². The Kier molecular flexibility index (Phi) is 4.88. The highest BCUT2D eigenvalue weighted by Gasteiger charge is 2.20. The summed E-state index contributed by atoms with van der Waals surface area (Å²) in [5.41, 5.74) is 1.01. The molecule has 0 unspecified atom stereocenters. The molecule has 1 saturated heterocycles. The Bertz CT molecular complexity index is 794. The zero-order valence-electron chi connectivity index (χ0n) is 13.3. The van der Waals surface area contributed by atoms with Gasteiger partial charge in [-0.2, -0.15) is 0 Å². The summed E-state index contributed by atoms with van der Waals surface area (Å²) in [6.07, 6.45) is 0. The molecule has 1 aromatic carbocycles. The Balaban J connectivity index is 1.68. The van der Waals surface area contributed by atoms with Crippen molar-refractivity contribution in [3.63, 3.8) is 0 Å². The fourth-order valence-corrected chi connectivity index (χ4v) is 4.55. The summed E-state index contributed by atoms with van der Waals surface area (Å²) < 4.78 is 27.1. The van der Waals surface area contributed by atoms with Gasteiger partial charge in [-0.25, -0.2) is 8.42 Å². The number of carbonyl (C=O) groups is 1. The second-order valence-corrected chi connectivity index (χ2v) is 8.57. The second-order valence-electron chi connectivity index (χ2n) is 5.71. The largest absolute Gasteiger partial charge is 0.336 e. The lowest BCUT2D eigenvalue weighted by atomic mass is 10.1. The van der Waals surface area contributed by atoms with E-state index in [2.05, 4.69) is 9.62 Å². The lowest BCUT2D eigenvalue weighted by Gasteiger charge is -2.32. The third-order valence-electron chi connectivity index (χ3n) is 3.93. The molecule has 0 saturated carbocycles. The maximum absolute atomic E-state index is 12.5. The summed E-state index contributed by atoms with van der Waals surface area (Å²) >= 11 is 1.16. The van der Waals surface area contributed by atoms with Gasteiger partial charge >= 0.3 is 0 Å². The molecule has 1 aliphatic rings. The number of hydrogen-bond donors (Lipinski definition) is 1. The molecule has 2 aromatic rings. The number of carbonyl (C=O) groups excluding carboxylic acids is 1. The van der Waals surface area contributed by atoms with Crippen LogP contribution in [0.2, 0.25) is 0 Å². The van der Waals surface area contributed by atoms with Gasteiger partial charge in [-0.15, -0.1) is 11.3 Å². The molecule has 24 heavy (non-hydrogen) atoms. The number of hydrogen-bond acceptors (Lipinski definition) is 5. The van der Waals surface area contributed by atoms with E-state index in [1.54, 1.807) is 41.8 Å². The van der Waals surface area contributed by atoms with Crippen LogP contribution in [0.5, 0.6) is 0 Å². The Morgan fingerprint density at radius 1 is 1.08 bits per heavy atom. The molecule has 6 nitrogen and oxygen atoms in total. The van der Waals surface area contributed by atoms with Crippen molar-refractivity contribution in [3.05, 3.63) is 47.3 Å². The first-order chi connectivity index (χ1) is 11.5. The molecule has 3 rings (SSSR count). The topological polar surface area (TPSA) is 69.7 Å². The molecule has 1 amide bonds. The summed E-state index contributed by atoms with van der Waals surface area (Å²) in [6, 6.07) is 9.80. The van der Waals surface area contributed by atoms with Crippen LogP contribution in [0.15, 0.2) is 46.0 Å². The Hall–Kier alpha value is -1.90. The van der Waals surface area contributed by atoms with Gasteiger partial charge in [0.2, 0.25) is 0 Å². The van der Waals surface area contributed by atoms with Crippen LogP contribution in [0, 0.1) is 0 Å². The Labute approximate surface area is 145 Å². The number of thiophene rings is 1. The van der Waals surface area contributed by atoms with Crippen LogP contribution in [0.4, 0.5) is 5.69 Å². The summed E-state index contributed by atoms with van der Waals surface area (Å²) in [6.45, 7) is 3.15. The third-order valence-corrected chi connectivity index (χ3v) is 6.71. The summed E-state index contributed by atoms with van der Waals surface area (Å²) in [7, 11) is -1.52. The number of anilines is 1. The molecule has 1 N–H and O–H groups in total. The van der Waals surface area contributed by atoms with Gasteiger partial charge < -0.3 is 9.80 Å². The van der Waals surface area contributed by atoms with E-state index in [1.165, 1.54) is 0 Å². The van der Waals surface area contributed by atoms with Gasteiger partial charge in [0.25, 0.3) is 15.9 Å². The van der Waals surface area contributed by atoms with Crippen molar-refractivity contribution in [1.29, 1.82) is 0 Å². The van der Waals surface area contributed by atoms with Crippen molar-refractivity contribution < 1.29 is 13.2 Å². The van der Waals surface area contributed by atoms with E-state index in [9.17, 15) is 13.2 Å². The maximum Gasteiger partial charge on any atom is 0.271 e. The van der Waals surface area contributed by atoms with Gasteiger partial charge in [0.05, 0.1) is 0 Å². The van der Waals surface area contributed by atoms with Crippen molar-refractivity contribution >= 4 is 33.0 Å². The lowest BCUT2D eigenvalue weighted by Crippen LogP contribution is -2.47. The number of nitrogens with zero attached hydrogens (tertiary/aromatic N) is 2. The maximum atomic E-state index is 12.5. The minimum Gasteiger partial charge on any atom is -0.336 e. The van der Waals surface area contributed by atoms with Gasteiger partial charge in [-0.3, -0.25) is 9.52 Å². The first-order valence-electron chi connectivity index (χ1n) is 7.60. The van der Waals surface area contributed by atoms with Crippen molar-refractivity contribution in [2.75, 3.05) is 37.9 Å². The molecular formula is C16H19N3O3S2. The lowest BCUT2D eigenvalue weighted by molar-refractivity contribution is 0.0664. The van der Waals surface area contributed by atoms with Crippen LogP contribution in [0.1, 0.15) is 10.4 Å². The van der Waals surface area contributed by atoms with Crippen LogP contribution in [0.3, 0.4) is 0 Å². The number of amides is 1. The van der Waals surface area contributed by atoms with Crippen LogP contribution in [-0.2, 0) is 10.0 Å². The molecule has 1 aliphatic heterocycles. The van der Waals surface area contributed by atoms with Crippen molar-refractivity contribution in [3.8, 4) is 0 Å². The first kappa shape index (κ1) is 16.9. The van der Waals surface area contributed by atoms with Crippen molar-refractivity contribution in [1.82, 2.24) is 9.80 Å². The molecule has 2 heterocycles. The highest BCUT2D eigenvalue weighted by Crippen LogP contribution is 2.21. The number of sulfonamides is 1. The fourth-order valence-electron chi connectivity index (χ4n) is 2.49. The van der Waals surface area contributed by atoms with E-state index >= 15 is 0 Å². The monoisotopic (exact) mass is 365 g/mol. The van der Waals surface area contributed by atoms with Crippen molar-refractivity contribution in [2.45, 2.75) is 4.21 Å². The Morgan fingerprint density at radius 2 is 1.75 bits per heavy atom. The van der Waals surface area contributed by atoms with Gasteiger partial charge in [0, 0.05) is 37.4 Å². The van der Waals surface area contributed by atoms with E-state index in [0.29, 0.717) is 24.3 Å². The zero-order chi connectivity index (χ0) is 17.2. The van der Waals surface area contributed by atoms with E-state index in [0.717, 1.165) is 24.4 Å². The molecule has 1 fully saturated rings. The average Bonchev–Trinajstić information content (AvgIpc) is 3.11. The quantitative estimate of drug-likeness (QED) is 0.899. The highest BCUT2D eigenvalue weighted by molar-refractivity contribution is 7.94. The number of benzene rings is 1. The third kappa shape index (κ3) is 3.77. The summed E-state index contributed by atoms with van der Waals surface area (Å²) in [4.78, 5) is 16.5. The summed E-state index contributed by atoms with van der Waals surface area (Å²) in [5.74, 6) is -0.0178. The zero-order valence-corrected chi connectivity index (χ0v) is 14.9. The van der Waals surface area contributed by atoms with Crippen LogP contribution >= 0.6 is 11.3 Å². The van der Waals surface area contributed by atoms with Gasteiger partial charge in [0.15, 0.2) is 0 Å². The highest BCUT2D eigenvalue weighted by atomic mass is 32.2. The van der Waals surface area contributed by atoms with Gasteiger partial charge in [-0.1, -0.05) is 6.07 Å². The number of nitrogens with one attached hydrogen (secondary N) is 1. The van der Waals surface area contributed by atoms with E-state index < -0.39 is 10.0 Å². The average molecular weight is 365 g/mol. The molecule has 0 bridgehead atoms. The van der Waals surface area contributed by atoms with Gasteiger partial charge in [-0.05, 0) is 42.8 Å². The SMILES string of the molecule is CN1CCN(C(=O)c2ccc(NS(=O)(=O)c3cccs3)cc2)CC1. The fraction of sp³-hybridized carbons (Fsp3) is 0.312. The number of likely N-dealkylation sites (N-methyl/N-ethyl adjacent to an activating group) is 1. The molecule has 128 valence electrons. The van der Waals surface area contributed by atoms with Crippen LogP contribution in [-0.4, -0.2) is 57.4 Å². The molecule has 0 spiro atoms. The van der Waals surface area contributed by atoms with E-state index in [4.69, 9.17) is 0 Å². The first-order valence-corrected chi connectivity index (χ1v) is 9.96. The second kappa shape index (κ2) is 6.92. The Morgan fingerprint density at radius 3 is 2.33 bits per heavy atom. The molecule has 0 aliphatic carbocycles. The number of rotatable bonds is 4. The smallest absolute Gasteiger partial charge is 0.271 e. The van der Waals surface area contributed by atoms with E-state index in [1.807, 2.05) is 11.9 Å². The molecule has 8 heteroatoms. The predicted molar refractivity (Wildman–Crippen MR) is 95.0 cm³/mol. The molecule has 1 aromatic heterocycles. The van der Waals surface area contributed by atoms with Gasteiger partial charge in [0.1, 0.15) is 4.21 Å². The molecular weight excluding hydrogens is 346 g/mol. The molecule has 0 radical (unpaired) electrons. The number of piperazine rings is 1. The predicted octanol–water partition coefficient (Wildman–Crippen LogP) is 1.94. The van der Waals surface area contributed by atoms with Crippen LogP contribution in [0.25, 0.3) is 0 Å². The van der Waals surface area contributed by atoms with Crippen molar-refractivity contribution in [2.24, 2.45) is 0 Å².